The Labute approximate surface area is 189 Å². The third-order valence-electron chi connectivity index (χ3n) is 6.75. The average Bonchev–Trinajstić information content (AvgIpc) is 3.30. The van der Waals surface area contributed by atoms with Crippen LogP contribution >= 0.6 is 0 Å². The minimum Gasteiger partial charge on any atom is -0.378 e. The molecular weight excluding hydrogens is 413 g/mol. The third-order valence-corrected chi connectivity index (χ3v) is 6.75. The van der Waals surface area contributed by atoms with E-state index in [2.05, 4.69) is 10.2 Å². The lowest BCUT2D eigenvalue weighted by Crippen LogP contribution is -2.43. The highest BCUT2D eigenvalue weighted by molar-refractivity contribution is 5.77. The van der Waals surface area contributed by atoms with E-state index in [-0.39, 0.29) is 47.7 Å². The van der Waals surface area contributed by atoms with Crippen LogP contribution in [0.3, 0.4) is 0 Å². The van der Waals surface area contributed by atoms with Gasteiger partial charge in [-0.1, -0.05) is 12.1 Å². The lowest BCUT2D eigenvalue weighted by atomic mass is 9.84. The van der Waals surface area contributed by atoms with Gasteiger partial charge < -0.3 is 19.7 Å². The summed E-state index contributed by atoms with van der Waals surface area (Å²) in [5.74, 6) is 0.0703. The number of morpholine rings is 1. The Hall–Kier alpha value is -2.03. The predicted molar refractivity (Wildman–Crippen MR) is 117 cm³/mol. The fraction of sp³-hybridized carbons (Fsp3) is 0.667. The number of rotatable bonds is 7. The molecule has 4 rings (SSSR count). The summed E-state index contributed by atoms with van der Waals surface area (Å²) in [6, 6.07) is 6.86. The summed E-state index contributed by atoms with van der Waals surface area (Å²) < 4.78 is 25.2. The third kappa shape index (κ3) is 5.47. The van der Waals surface area contributed by atoms with Crippen molar-refractivity contribution < 1.29 is 23.5 Å². The fourth-order valence-electron chi connectivity index (χ4n) is 5.40. The quantitative estimate of drug-likeness (QED) is 0.690. The zero-order valence-corrected chi connectivity index (χ0v) is 19.0. The van der Waals surface area contributed by atoms with Crippen molar-refractivity contribution in [3.05, 3.63) is 35.6 Å². The first-order valence-electron chi connectivity index (χ1n) is 11.7. The van der Waals surface area contributed by atoms with Crippen molar-refractivity contribution in [2.24, 2.45) is 11.8 Å². The van der Waals surface area contributed by atoms with Crippen LogP contribution in [0.5, 0.6) is 0 Å². The maximum Gasteiger partial charge on any atom is 0.225 e. The molecule has 4 atom stereocenters. The number of carbonyl (C=O) groups excluding carboxylic acids is 2. The topological polar surface area (TPSA) is 71.1 Å². The van der Waals surface area contributed by atoms with Gasteiger partial charge in [0.1, 0.15) is 5.82 Å². The monoisotopic (exact) mass is 447 g/mol. The first-order chi connectivity index (χ1) is 15.4. The second-order valence-electron chi connectivity index (χ2n) is 9.46. The summed E-state index contributed by atoms with van der Waals surface area (Å²) in [5, 5.41) is 2.99. The van der Waals surface area contributed by atoms with Gasteiger partial charge in [0.25, 0.3) is 0 Å². The Morgan fingerprint density at radius 1 is 1.22 bits per heavy atom. The molecule has 3 fully saturated rings. The number of benzene rings is 1. The molecule has 32 heavy (non-hydrogen) atoms. The van der Waals surface area contributed by atoms with Crippen molar-refractivity contribution in [2.45, 2.75) is 51.4 Å². The van der Waals surface area contributed by atoms with E-state index in [1.54, 1.807) is 12.1 Å². The smallest absolute Gasteiger partial charge is 0.225 e. The molecule has 0 aromatic heterocycles. The van der Waals surface area contributed by atoms with Crippen LogP contribution in [0.15, 0.2) is 24.3 Å². The van der Waals surface area contributed by atoms with E-state index in [0.29, 0.717) is 52.3 Å². The number of amides is 2. The minimum atomic E-state index is -0.247. The van der Waals surface area contributed by atoms with Gasteiger partial charge in [0.15, 0.2) is 0 Å². The summed E-state index contributed by atoms with van der Waals surface area (Å²) in [7, 11) is 0. The van der Waals surface area contributed by atoms with Crippen molar-refractivity contribution in [1.82, 2.24) is 15.1 Å². The average molecular weight is 448 g/mol. The number of hydrogen-bond acceptors (Lipinski definition) is 5. The molecule has 3 heterocycles. The number of carbonyl (C=O) groups is 2. The van der Waals surface area contributed by atoms with Crippen LogP contribution in [-0.4, -0.2) is 79.3 Å². The van der Waals surface area contributed by atoms with Gasteiger partial charge >= 0.3 is 0 Å². The first-order valence-corrected chi connectivity index (χ1v) is 11.7. The van der Waals surface area contributed by atoms with Crippen LogP contribution in [0.1, 0.15) is 32.3 Å². The van der Waals surface area contributed by atoms with Crippen molar-refractivity contribution in [3.63, 3.8) is 0 Å². The van der Waals surface area contributed by atoms with Crippen LogP contribution in [0.25, 0.3) is 0 Å². The van der Waals surface area contributed by atoms with Gasteiger partial charge in [-0.05, 0) is 37.5 Å². The van der Waals surface area contributed by atoms with Crippen LogP contribution < -0.4 is 5.32 Å². The largest absolute Gasteiger partial charge is 0.378 e. The molecule has 0 radical (unpaired) electrons. The minimum absolute atomic E-state index is 0.0292. The summed E-state index contributed by atoms with van der Waals surface area (Å²) in [4.78, 5) is 29.6. The standard InChI is InChI=1S/C24H34FN3O4/c1-16(2)26-22(29)11-18-14-28(13-17-4-3-5-19(25)10-17)20-15-32-21(24(18)20)12-23(30)27-6-8-31-9-7-27/h3-5,10,16,18,20-21,24H,6-9,11-15H2,1-2H3,(H,26,29)/t18-,20-,21+,24-/m1/s1. The first kappa shape index (κ1) is 23.1. The number of nitrogens with one attached hydrogen (secondary N) is 1. The van der Waals surface area contributed by atoms with Crippen molar-refractivity contribution >= 4 is 11.8 Å². The normalized spacial score (nSPS) is 28.2. The van der Waals surface area contributed by atoms with Gasteiger partial charge in [0, 0.05) is 50.6 Å². The Kier molecular flexibility index (Phi) is 7.43. The lowest BCUT2D eigenvalue weighted by Gasteiger charge is -2.29. The zero-order valence-electron chi connectivity index (χ0n) is 19.0. The Morgan fingerprint density at radius 2 is 2.00 bits per heavy atom. The zero-order chi connectivity index (χ0) is 22.7. The molecule has 2 amide bonds. The van der Waals surface area contributed by atoms with Crippen LogP contribution in [0.4, 0.5) is 4.39 Å². The lowest BCUT2D eigenvalue weighted by molar-refractivity contribution is -0.138. The molecule has 3 saturated heterocycles. The molecule has 0 bridgehead atoms. The Balaban J connectivity index is 1.47. The van der Waals surface area contributed by atoms with Gasteiger partial charge in [0.05, 0.1) is 32.3 Å². The number of halogens is 1. The van der Waals surface area contributed by atoms with Crippen LogP contribution in [-0.2, 0) is 25.6 Å². The molecule has 1 aromatic rings. The summed E-state index contributed by atoms with van der Waals surface area (Å²) in [6.45, 7) is 8.16. The van der Waals surface area contributed by atoms with E-state index in [1.165, 1.54) is 6.07 Å². The van der Waals surface area contributed by atoms with Gasteiger partial charge in [-0.3, -0.25) is 14.5 Å². The van der Waals surface area contributed by atoms with Gasteiger partial charge in [0.2, 0.25) is 11.8 Å². The highest BCUT2D eigenvalue weighted by Crippen LogP contribution is 2.42. The number of ether oxygens (including phenoxy) is 2. The van der Waals surface area contributed by atoms with E-state index in [1.807, 2.05) is 24.8 Å². The second-order valence-corrected chi connectivity index (χ2v) is 9.46. The van der Waals surface area contributed by atoms with E-state index in [9.17, 15) is 14.0 Å². The molecule has 7 nitrogen and oxygen atoms in total. The maximum absolute atomic E-state index is 13.7. The Bertz CT molecular complexity index is 814. The SMILES string of the molecule is CC(C)NC(=O)C[C@@H]1CN(Cc2cccc(F)c2)[C@@H]2CO[C@@H](CC(=O)N3CCOCC3)[C@H]12. The van der Waals surface area contributed by atoms with Crippen LogP contribution in [0, 0.1) is 17.7 Å². The summed E-state index contributed by atoms with van der Waals surface area (Å²) in [5.41, 5.74) is 0.906. The van der Waals surface area contributed by atoms with Gasteiger partial charge in [-0.15, -0.1) is 0 Å². The van der Waals surface area contributed by atoms with E-state index >= 15 is 0 Å². The summed E-state index contributed by atoms with van der Waals surface area (Å²) in [6.07, 6.45) is 0.534. The van der Waals surface area contributed by atoms with Gasteiger partial charge in [-0.25, -0.2) is 4.39 Å². The molecule has 0 spiro atoms. The molecule has 3 aliphatic rings. The molecule has 0 saturated carbocycles. The van der Waals surface area contributed by atoms with Gasteiger partial charge in [-0.2, -0.15) is 0 Å². The number of nitrogens with zero attached hydrogens (tertiary/aromatic N) is 2. The molecule has 0 aliphatic carbocycles. The fourth-order valence-corrected chi connectivity index (χ4v) is 5.40. The van der Waals surface area contributed by atoms with Crippen molar-refractivity contribution in [2.75, 3.05) is 39.5 Å². The van der Waals surface area contributed by atoms with Crippen molar-refractivity contribution in [1.29, 1.82) is 0 Å². The molecule has 1 aromatic carbocycles. The molecule has 0 unspecified atom stereocenters. The number of likely N-dealkylation sites (tertiary alicyclic amines) is 1. The molecule has 8 heteroatoms. The Morgan fingerprint density at radius 3 is 2.72 bits per heavy atom. The second kappa shape index (κ2) is 10.3. The molecule has 3 aliphatic heterocycles. The number of fused-ring (bicyclic) bond motifs is 1. The van der Waals surface area contributed by atoms with E-state index < -0.39 is 0 Å². The van der Waals surface area contributed by atoms with E-state index in [4.69, 9.17) is 9.47 Å². The highest BCUT2D eigenvalue weighted by atomic mass is 19.1. The van der Waals surface area contributed by atoms with Crippen molar-refractivity contribution in [3.8, 4) is 0 Å². The summed E-state index contributed by atoms with van der Waals surface area (Å²) >= 11 is 0. The molecule has 176 valence electrons. The maximum atomic E-state index is 13.7. The predicted octanol–water partition coefficient (Wildman–Crippen LogP) is 1.80. The van der Waals surface area contributed by atoms with E-state index in [0.717, 1.165) is 12.1 Å². The molecular formula is C24H34FN3O4. The highest BCUT2D eigenvalue weighted by Gasteiger charge is 2.51. The number of hydrogen-bond donors (Lipinski definition) is 1. The van der Waals surface area contributed by atoms with Crippen LogP contribution in [0.2, 0.25) is 0 Å². The molecule has 1 N–H and O–H groups in total.